The summed E-state index contributed by atoms with van der Waals surface area (Å²) in [6.45, 7) is 4.08. The van der Waals surface area contributed by atoms with Gasteiger partial charge in [0.1, 0.15) is 5.01 Å². The quantitative estimate of drug-likeness (QED) is 0.797. The summed E-state index contributed by atoms with van der Waals surface area (Å²) in [6.07, 6.45) is 3.91. The van der Waals surface area contributed by atoms with E-state index in [0.29, 0.717) is 12.8 Å². The van der Waals surface area contributed by atoms with Gasteiger partial charge in [0.2, 0.25) is 5.91 Å². The molecule has 1 fully saturated rings. The Morgan fingerprint density at radius 1 is 1.07 bits per heavy atom. The van der Waals surface area contributed by atoms with Crippen LogP contribution in [-0.4, -0.2) is 52.7 Å². The number of piperazine rings is 1. The lowest BCUT2D eigenvalue weighted by Crippen LogP contribution is -2.48. The number of carbonyl (C=O) groups is 2. The minimum atomic E-state index is 0.244. The molecule has 2 heterocycles. The van der Waals surface area contributed by atoms with Crippen molar-refractivity contribution in [2.24, 2.45) is 0 Å². The van der Waals surface area contributed by atoms with Crippen molar-refractivity contribution >= 4 is 23.0 Å². The van der Waals surface area contributed by atoms with Gasteiger partial charge in [0.25, 0.3) is 0 Å². The van der Waals surface area contributed by atoms with Gasteiger partial charge in [0.15, 0.2) is 5.78 Å². The fourth-order valence-corrected chi connectivity index (χ4v) is 4.91. The molecular weight excluding hydrogens is 358 g/mol. The number of thiazole rings is 1. The van der Waals surface area contributed by atoms with Crippen molar-refractivity contribution in [3.8, 4) is 0 Å². The second kappa shape index (κ2) is 8.31. The Kier molecular flexibility index (Phi) is 5.64. The molecule has 0 N–H and O–H groups in total. The first-order valence-corrected chi connectivity index (χ1v) is 10.6. The lowest BCUT2D eigenvalue weighted by atomic mass is 10.0. The van der Waals surface area contributed by atoms with E-state index in [4.69, 9.17) is 0 Å². The van der Waals surface area contributed by atoms with Crippen molar-refractivity contribution in [3.63, 3.8) is 0 Å². The number of aryl methyl sites for hydroxylation is 2. The first-order valence-electron chi connectivity index (χ1n) is 9.75. The molecule has 142 valence electrons. The average Bonchev–Trinajstić information content (AvgIpc) is 3.11. The molecule has 4 rings (SSSR count). The summed E-state index contributed by atoms with van der Waals surface area (Å²) in [5.74, 6) is 0.502. The molecule has 1 aromatic heterocycles. The van der Waals surface area contributed by atoms with Gasteiger partial charge in [-0.25, -0.2) is 4.98 Å². The summed E-state index contributed by atoms with van der Waals surface area (Å²) in [5, 5.41) is 1.04. The third-order valence-corrected chi connectivity index (χ3v) is 6.49. The van der Waals surface area contributed by atoms with E-state index in [1.165, 1.54) is 5.56 Å². The highest BCUT2D eigenvalue weighted by molar-refractivity contribution is 7.13. The van der Waals surface area contributed by atoms with E-state index in [0.717, 1.165) is 67.6 Å². The van der Waals surface area contributed by atoms with Crippen molar-refractivity contribution in [1.29, 1.82) is 0 Å². The summed E-state index contributed by atoms with van der Waals surface area (Å²) < 4.78 is 0. The molecule has 0 saturated carbocycles. The van der Waals surface area contributed by atoms with Gasteiger partial charge in [0, 0.05) is 39.0 Å². The molecule has 2 aliphatic rings. The number of aromatic nitrogens is 1. The summed E-state index contributed by atoms with van der Waals surface area (Å²) in [6, 6.07) is 10.2. The molecular formula is C21H25N3O2S. The fourth-order valence-electron chi connectivity index (χ4n) is 3.79. The van der Waals surface area contributed by atoms with Crippen LogP contribution in [0.4, 0.5) is 0 Å². The Morgan fingerprint density at radius 2 is 1.85 bits per heavy atom. The van der Waals surface area contributed by atoms with Gasteiger partial charge in [-0.1, -0.05) is 30.3 Å². The Bertz CT molecular complexity index is 810. The second-order valence-corrected chi connectivity index (χ2v) is 8.39. The summed E-state index contributed by atoms with van der Waals surface area (Å²) in [4.78, 5) is 34.3. The predicted octanol–water partition coefficient (Wildman–Crippen LogP) is 2.94. The van der Waals surface area contributed by atoms with Crippen LogP contribution in [0.2, 0.25) is 0 Å². The minimum absolute atomic E-state index is 0.244. The van der Waals surface area contributed by atoms with Crippen LogP contribution in [0.5, 0.6) is 0 Å². The number of rotatable bonds is 5. The lowest BCUT2D eigenvalue weighted by molar-refractivity contribution is -0.133. The molecule has 27 heavy (non-hydrogen) atoms. The summed E-state index contributed by atoms with van der Waals surface area (Å²) in [7, 11) is 0. The predicted molar refractivity (Wildman–Crippen MR) is 106 cm³/mol. The molecule has 1 amide bonds. The number of hydrogen-bond donors (Lipinski definition) is 0. The maximum absolute atomic E-state index is 12.5. The number of nitrogens with zero attached hydrogens (tertiary/aromatic N) is 3. The SMILES string of the molecule is O=C1CCCc2nc(CN3CCN(C(=O)CCc4ccccc4)CC3)sc21. The highest BCUT2D eigenvalue weighted by Crippen LogP contribution is 2.27. The molecule has 0 radical (unpaired) electrons. The van der Waals surface area contributed by atoms with Gasteiger partial charge in [-0.15, -0.1) is 11.3 Å². The van der Waals surface area contributed by atoms with Gasteiger partial charge in [-0.05, 0) is 24.8 Å². The number of fused-ring (bicyclic) bond motifs is 1. The van der Waals surface area contributed by atoms with Crippen LogP contribution in [0.15, 0.2) is 30.3 Å². The molecule has 1 aliphatic carbocycles. The number of amides is 1. The van der Waals surface area contributed by atoms with Crippen molar-refractivity contribution in [3.05, 3.63) is 51.5 Å². The highest BCUT2D eigenvalue weighted by atomic mass is 32.1. The third-order valence-electron chi connectivity index (χ3n) is 5.37. The van der Waals surface area contributed by atoms with Crippen LogP contribution in [0.25, 0.3) is 0 Å². The third kappa shape index (κ3) is 4.45. The van der Waals surface area contributed by atoms with E-state index in [1.807, 2.05) is 23.1 Å². The van der Waals surface area contributed by atoms with Crippen LogP contribution in [0.1, 0.15) is 45.2 Å². The molecule has 0 bridgehead atoms. The molecule has 5 nitrogen and oxygen atoms in total. The number of benzene rings is 1. The molecule has 2 aromatic rings. The van der Waals surface area contributed by atoms with E-state index in [9.17, 15) is 9.59 Å². The van der Waals surface area contributed by atoms with E-state index in [2.05, 4.69) is 22.0 Å². The van der Waals surface area contributed by atoms with Crippen molar-refractivity contribution < 1.29 is 9.59 Å². The molecule has 0 atom stereocenters. The molecule has 1 saturated heterocycles. The van der Waals surface area contributed by atoms with Gasteiger partial charge in [0.05, 0.1) is 17.1 Å². The van der Waals surface area contributed by atoms with Crippen LogP contribution in [0, 0.1) is 0 Å². The van der Waals surface area contributed by atoms with Crippen molar-refractivity contribution in [1.82, 2.24) is 14.8 Å². The fraction of sp³-hybridized carbons (Fsp3) is 0.476. The van der Waals surface area contributed by atoms with Crippen molar-refractivity contribution in [2.75, 3.05) is 26.2 Å². The zero-order valence-corrected chi connectivity index (χ0v) is 16.3. The largest absolute Gasteiger partial charge is 0.340 e. The van der Waals surface area contributed by atoms with Gasteiger partial charge in [-0.2, -0.15) is 0 Å². The summed E-state index contributed by atoms with van der Waals surface area (Å²) in [5.41, 5.74) is 2.22. The van der Waals surface area contributed by atoms with Gasteiger partial charge >= 0.3 is 0 Å². The molecule has 1 aliphatic heterocycles. The Hall–Kier alpha value is -2.05. The Labute approximate surface area is 164 Å². The maximum atomic E-state index is 12.5. The van der Waals surface area contributed by atoms with E-state index >= 15 is 0 Å². The number of carbonyl (C=O) groups excluding carboxylic acids is 2. The van der Waals surface area contributed by atoms with Crippen LogP contribution in [0.3, 0.4) is 0 Å². The highest BCUT2D eigenvalue weighted by Gasteiger charge is 2.25. The first-order chi connectivity index (χ1) is 13.2. The normalized spacial score (nSPS) is 17.8. The topological polar surface area (TPSA) is 53.5 Å². The summed E-state index contributed by atoms with van der Waals surface area (Å²) >= 11 is 1.57. The van der Waals surface area contributed by atoms with Crippen LogP contribution < -0.4 is 0 Å². The van der Waals surface area contributed by atoms with E-state index in [-0.39, 0.29) is 11.7 Å². The monoisotopic (exact) mass is 383 g/mol. The minimum Gasteiger partial charge on any atom is -0.340 e. The van der Waals surface area contributed by atoms with Crippen LogP contribution >= 0.6 is 11.3 Å². The van der Waals surface area contributed by atoms with E-state index < -0.39 is 0 Å². The standard InChI is InChI=1S/C21H25N3O2S/c25-18-8-4-7-17-21(18)27-19(22-17)15-23-11-13-24(14-12-23)20(26)10-9-16-5-2-1-3-6-16/h1-3,5-6H,4,7-15H2. The molecule has 0 spiro atoms. The zero-order valence-electron chi connectivity index (χ0n) is 15.5. The van der Waals surface area contributed by atoms with Gasteiger partial charge in [-0.3, -0.25) is 14.5 Å². The van der Waals surface area contributed by atoms with Crippen LogP contribution in [-0.2, 0) is 24.2 Å². The molecule has 1 aromatic carbocycles. The Morgan fingerprint density at radius 3 is 2.59 bits per heavy atom. The lowest BCUT2D eigenvalue weighted by Gasteiger charge is -2.34. The number of Topliss-reactive ketones (excluding diaryl/α,β-unsaturated/α-hetero) is 1. The molecule has 6 heteroatoms. The van der Waals surface area contributed by atoms with Crippen molar-refractivity contribution in [2.45, 2.75) is 38.6 Å². The average molecular weight is 384 g/mol. The first kappa shape index (κ1) is 18.3. The number of hydrogen-bond acceptors (Lipinski definition) is 5. The Balaban J connectivity index is 1.25. The second-order valence-electron chi connectivity index (χ2n) is 7.30. The smallest absolute Gasteiger partial charge is 0.222 e. The zero-order chi connectivity index (χ0) is 18.6. The molecule has 0 unspecified atom stereocenters. The maximum Gasteiger partial charge on any atom is 0.222 e. The van der Waals surface area contributed by atoms with E-state index in [1.54, 1.807) is 11.3 Å². The number of ketones is 1. The van der Waals surface area contributed by atoms with Gasteiger partial charge < -0.3 is 4.90 Å².